The van der Waals surface area contributed by atoms with Gasteiger partial charge in [0, 0.05) is 5.70 Å². The molecule has 0 atom stereocenters. The third-order valence-corrected chi connectivity index (χ3v) is 1.74. The average Bonchev–Trinajstić information content (AvgIpc) is 2.26. The largest absolute Gasteiger partial charge is 0.399 e. The molecule has 0 saturated carbocycles. The Labute approximate surface area is 107 Å². The zero-order valence-corrected chi connectivity index (χ0v) is 12.0. The van der Waals surface area contributed by atoms with Crippen molar-refractivity contribution >= 4 is 0 Å². The molecule has 0 saturated heterocycles. The van der Waals surface area contributed by atoms with E-state index >= 15 is 0 Å². The highest BCUT2D eigenvalue weighted by atomic mass is 14.5. The number of rotatable bonds is 5. The van der Waals surface area contributed by atoms with Gasteiger partial charge in [-0.25, -0.2) is 0 Å². The lowest BCUT2D eigenvalue weighted by molar-refractivity contribution is 1.15. The van der Waals surface area contributed by atoms with Crippen molar-refractivity contribution in [3.05, 3.63) is 59.9 Å². The van der Waals surface area contributed by atoms with Gasteiger partial charge in [-0.1, -0.05) is 62.0 Å². The first kappa shape index (κ1) is 17.9. The molecule has 1 nitrogen and oxygen atoms in total. The minimum Gasteiger partial charge on any atom is -0.399 e. The van der Waals surface area contributed by atoms with Crippen molar-refractivity contribution in [2.45, 2.75) is 41.0 Å². The predicted molar refractivity (Wildman–Crippen MR) is 80.8 cm³/mol. The Bertz CT molecular complexity index is 323. The summed E-state index contributed by atoms with van der Waals surface area (Å²) < 4.78 is 0. The van der Waals surface area contributed by atoms with Gasteiger partial charge in [0.1, 0.15) is 0 Å². The van der Waals surface area contributed by atoms with Crippen molar-refractivity contribution in [1.82, 2.24) is 0 Å². The lowest BCUT2D eigenvalue weighted by Crippen LogP contribution is -1.89. The molecule has 1 heteroatoms. The van der Waals surface area contributed by atoms with Crippen LogP contribution in [0.5, 0.6) is 0 Å². The first-order valence-electron chi connectivity index (χ1n) is 6.02. The molecular weight excluding hydrogens is 206 g/mol. The van der Waals surface area contributed by atoms with Crippen LogP contribution in [0, 0.1) is 0 Å². The lowest BCUT2D eigenvalue weighted by atomic mass is 10.1. The molecule has 0 aromatic carbocycles. The molecule has 0 radical (unpaired) electrons. The highest BCUT2D eigenvalue weighted by Crippen LogP contribution is 2.10. The maximum Gasteiger partial charge on any atom is 0.0241 e. The second-order valence-electron chi connectivity index (χ2n) is 4.00. The summed E-state index contributed by atoms with van der Waals surface area (Å²) in [5, 5.41) is 0. The number of hydrogen-bond acceptors (Lipinski definition) is 1. The van der Waals surface area contributed by atoms with Gasteiger partial charge >= 0.3 is 0 Å². The number of allylic oxidation sites excluding steroid dienone is 7. The molecule has 0 rings (SSSR count). The van der Waals surface area contributed by atoms with Crippen molar-refractivity contribution in [1.29, 1.82) is 0 Å². The average molecular weight is 233 g/mol. The molecule has 0 aliphatic rings. The minimum atomic E-state index is 0.557. The van der Waals surface area contributed by atoms with Gasteiger partial charge in [-0.05, 0) is 33.3 Å². The second-order valence-corrected chi connectivity index (χ2v) is 4.00. The molecule has 0 bridgehead atoms. The number of nitrogens with two attached hydrogens (primary N) is 1. The normalized spacial score (nSPS) is 10.5. The van der Waals surface area contributed by atoms with Crippen LogP contribution in [0.1, 0.15) is 41.0 Å². The molecule has 0 spiro atoms. The van der Waals surface area contributed by atoms with Gasteiger partial charge in [0.25, 0.3) is 0 Å². The van der Waals surface area contributed by atoms with Crippen LogP contribution in [0.15, 0.2) is 59.9 Å². The fourth-order valence-electron chi connectivity index (χ4n) is 1.01. The first-order valence-corrected chi connectivity index (χ1v) is 6.02. The summed E-state index contributed by atoms with van der Waals surface area (Å²) in [5.74, 6) is 0. The van der Waals surface area contributed by atoms with Crippen molar-refractivity contribution in [2.75, 3.05) is 0 Å². The summed E-state index contributed by atoms with van der Waals surface area (Å²) in [7, 11) is 0. The molecule has 2 N–H and O–H groups in total. The van der Waals surface area contributed by atoms with E-state index < -0.39 is 0 Å². The second kappa shape index (κ2) is 11.0. The maximum atomic E-state index is 5.42. The van der Waals surface area contributed by atoms with Gasteiger partial charge in [-0.2, -0.15) is 0 Å². The van der Waals surface area contributed by atoms with Crippen LogP contribution in [-0.4, -0.2) is 0 Å². The fraction of sp³-hybridized carbons (Fsp3) is 0.375. The highest BCUT2D eigenvalue weighted by molar-refractivity contribution is 5.27. The van der Waals surface area contributed by atoms with Crippen LogP contribution in [0.25, 0.3) is 0 Å². The molecule has 0 aliphatic carbocycles. The van der Waals surface area contributed by atoms with Crippen molar-refractivity contribution in [3.63, 3.8) is 0 Å². The van der Waals surface area contributed by atoms with E-state index in [0.29, 0.717) is 5.70 Å². The molecule has 96 valence electrons. The quantitative estimate of drug-likeness (QED) is 0.671. The molecule has 0 unspecified atom stereocenters. The Hall–Kier alpha value is -1.50. The van der Waals surface area contributed by atoms with Crippen LogP contribution in [0.4, 0.5) is 0 Å². The van der Waals surface area contributed by atoms with Gasteiger partial charge < -0.3 is 5.73 Å². The molecule has 0 heterocycles. The topological polar surface area (TPSA) is 26.0 Å². The summed E-state index contributed by atoms with van der Waals surface area (Å²) in [6.07, 6.45) is 8.77. The lowest BCUT2D eigenvalue weighted by Gasteiger charge is -2.00. The van der Waals surface area contributed by atoms with E-state index in [1.807, 2.05) is 19.9 Å². The van der Waals surface area contributed by atoms with E-state index in [-0.39, 0.29) is 0 Å². The zero-order chi connectivity index (χ0) is 13.8. The molecule has 0 amide bonds. The van der Waals surface area contributed by atoms with E-state index in [1.54, 1.807) is 6.08 Å². The third-order valence-electron chi connectivity index (χ3n) is 1.74. The summed E-state index contributed by atoms with van der Waals surface area (Å²) >= 11 is 0. The zero-order valence-electron chi connectivity index (χ0n) is 12.0. The van der Waals surface area contributed by atoms with E-state index in [1.165, 1.54) is 11.1 Å². The van der Waals surface area contributed by atoms with Gasteiger partial charge in [0.05, 0.1) is 0 Å². The Morgan fingerprint density at radius 3 is 1.94 bits per heavy atom. The van der Waals surface area contributed by atoms with Gasteiger partial charge in [-0.15, -0.1) is 0 Å². The van der Waals surface area contributed by atoms with Crippen molar-refractivity contribution in [2.24, 2.45) is 5.73 Å². The maximum absolute atomic E-state index is 5.42. The van der Waals surface area contributed by atoms with Crippen molar-refractivity contribution in [3.8, 4) is 0 Å². The van der Waals surface area contributed by atoms with Crippen LogP contribution in [-0.2, 0) is 0 Å². The van der Waals surface area contributed by atoms with Crippen molar-refractivity contribution < 1.29 is 0 Å². The van der Waals surface area contributed by atoms with Crippen LogP contribution >= 0.6 is 0 Å². The summed E-state index contributed by atoms with van der Waals surface area (Å²) in [5.41, 5.74) is 9.60. The van der Waals surface area contributed by atoms with E-state index in [0.717, 1.165) is 12.0 Å². The smallest absolute Gasteiger partial charge is 0.0241 e. The molecule has 0 aromatic rings. The summed E-state index contributed by atoms with van der Waals surface area (Å²) in [6, 6.07) is 0. The Morgan fingerprint density at radius 2 is 1.53 bits per heavy atom. The third kappa shape index (κ3) is 14.5. The van der Waals surface area contributed by atoms with Gasteiger partial charge in [0.15, 0.2) is 0 Å². The Morgan fingerprint density at radius 1 is 1.00 bits per heavy atom. The predicted octanol–water partition coefficient (Wildman–Crippen LogP) is 4.90. The first-order chi connectivity index (χ1) is 7.91. The molecule has 17 heavy (non-hydrogen) atoms. The van der Waals surface area contributed by atoms with Crippen LogP contribution in [0.2, 0.25) is 0 Å². The van der Waals surface area contributed by atoms with Gasteiger partial charge in [-0.3, -0.25) is 0 Å². The van der Waals surface area contributed by atoms with E-state index in [2.05, 4.69) is 46.1 Å². The van der Waals surface area contributed by atoms with Gasteiger partial charge in [0.2, 0.25) is 0 Å². The Balaban J connectivity index is 0. The van der Waals surface area contributed by atoms with Crippen LogP contribution in [0.3, 0.4) is 0 Å². The molecular formula is C16H27N. The molecule has 0 fully saturated rings. The van der Waals surface area contributed by atoms with Crippen LogP contribution < -0.4 is 5.73 Å². The standard InChI is InChI=1S/C14H21N.C2H6/c1-11(2)6-7-12(3)10-13(4)8-9-14(5)15;1-2/h6-9H,4-5,10,15H2,1-3H3;1-2H3/b9-8-,12-7+;. The van der Waals surface area contributed by atoms with E-state index in [4.69, 9.17) is 5.73 Å². The highest BCUT2D eigenvalue weighted by Gasteiger charge is 1.91. The molecule has 0 aliphatic heterocycles. The molecule has 0 aromatic heterocycles. The Kier molecular flexibility index (Phi) is 11.6. The summed E-state index contributed by atoms with van der Waals surface area (Å²) in [4.78, 5) is 0. The van der Waals surface area contributed by atoms with E-state index in [9.17, 15) is 0 Å². The number of hydrogen-bond donors (Lipinski definition) is 1. The summed E-state index contributed by atoms with van der Waals surface area (Å²) in [6.45, 7) is 17.8. The minimum absolute atomic E-state index is 0.557. The monoisotopic (exact) mass is 233 g/mol. The SMILES string of the molecule is C=C(N)/C=C\C(=C)C/C(C)=C/C=C(C)C.CC. The fourth-order valence-corrected chi connectivity index (χ4v) is 1.01.